The number of nitrogens with one attached hydrogen (secondary N) is 1. The van der Waals surface area contributed by atoms with Gasteiger partial charge in [-0.1, -0.05) is 36.4 Å². The number of hydrogen-bond donors (Lipinski definition) is 2. The van der Waals surface area contributed by atoms with Crippen molar-refractivity contribution in [2.75, 3.05) is 0 Å². The molecule has 0 atom stereocenters. The Bertz CT molecular complexity index is 1110. The topological polar surface area (TPSA) is 79.3 Å². The molecule has 2 aromatic carbocycles. The number of rotatable bonds is 5. The fourth-order valence-electron chi connectivity index (χ4n) is 3.71. The highest BCUT2D eigenvalue weighted by molar-refractivity contribution is 7.13. The Balaban J connectivity index is 1.45. The first-order chi connectivity index (χ1) is 14.7. The van der Waals surface area contributed by atoms with Crippen molar-refractivity contribution in [1.82, 2.24) is 10.3 Å². The number of aromatic nitrogens is 1. The molecular formula is C22H17F3N2O3S. The summed E-state index contributed by atoms with van der Waals surface area (Å²) in [6.07, 6.45) is -4.12. The molecule has 4 rings (SSSR count). The summed E-state index contributed by atoms with van der Waals surface area (Å²) in [6.45, 7) is 0. The molecule has 0 fully saturated rings. The maximum absolute atomic E-state index is 12.7. The average Bonchev–Trinajstić information content (AvgIpc) is 3.32. The van der Waals surface area contributed by atoms with E-state index in [1.54, 1.807) is 5.38 Å². The van der Waals surface area contributed by atoms with E-state index in [0.717, 1.165) is 23.3 Å². The van der Waals surface area contributed by atoms with E-state index in [9.17, 15) is 27.9 Å². The molecule has 1 aromatic heterocycles. The average molecular weight is 446 g/mol. The third-order valence-electron chi connectivity index (χ3n) is 5.24. The zero-order chi connectivity index (χ0) is 22.2. The van der Waals surface area contributed by atoms with Crippen molar-refractivity contribution in [2.24, 2.45) is 0 Å². The predicted molar refractivity (Wildman–Crippen MR) is 109 cm³/mol. The number of carboxylic acids is 1. The molecule has 1 heterocycles. The minimum absolute atomic E-state index is 0.123. The largest absolute Gasteiger partial charge is 0.479 e. The normalized spacial score (nSPS) is 14.8. The Morgan fingerprint density at radius 1 is 1.06 bits per heavy atom. The van der Waals surface area contributed by atoms with Gasteiger partial charge in [-0.3, -0.25) is 4.79 Å². The smallest absolute Gasteiger partial charge is 0.416 e. The maximum Gasteiger partial charge on any atom is 0.416 e. The fourth-order valence-corrected chi connectivity index (χ4v) is 4.53. The second-order valence-electron chi connectivity index (χ2n) is 7.45. The third kappa shape index (κ3) is 4.32. The quantitative estimate of drug-likeness (QED) is 0.618. The van der Waals surface area contributed by atoms with E-state index >= 15 is 0 Å². The zero-order valence-corrected chi connectivity index (χ0v) is 16.9. The number of carbonyl (C=O) groups is 2. The Morgan fingerprint density at radius 2 is 1.68 bits per heavy atom. The Morgan fingerprint density at radius 3 is 2.23 bits per heavy atom. The molecule has 2 N–H and O–H groups in total. The van der Waals surface area contributed by atoms with Crippen molar-refractivity contribution < 1.29 is 27.9 Å². The molecule has 0 bridgehead atoms. The second-order valence-corrected chi connectivity index (χ2v) is 8.31. The van der Waals surface area contributed by atoms with E-state index in [2.05, 4.69) is 10.3 Å². The molecule has 160 valence electrons. The minimum atomic E-state index is -4.41. The monoisotopic (exact) mass is 446 g/mol. The van der Waals surface area contributed by atoms with Gasteiger partial charge >= 0.3 is 12.1 Å². The molecule has 3 aromatic rings. The second kappa shape index (κ2) is 7.81. The van der Waals surface area contributed by atoms with Crippen LogP contribution in [0.5, 0.6) is 0 Å². The minimum Gasteiger partial charge on any atom is -0.479 e. The van der Waals surface area contributed by atoms with Gasteiger partial charge in [-0.15, -0.1) is 11.3 Å². The number of aliphatic carboxylic acids is 1. The van der Waals surface area contributed by atoms with Crippen LogP contribution >= 0.6 is 11.3 Å². The summed E-state index contributed by atoms with van der Waals surface area (Å²) >= 11 is 1.21. The lowest BCUT2D eigenvalue weighted by atomic mass is 9.95. The number of nitrogens with zero attached hydrogens (tertiary/aromatic N) is 1. The van der Waals surface area contributed by atoms with Crippen LogP contribution in [0.3, 0.4) is 0 Å². The van der Waals surface area contributed by atoms with Gasteiger partial charge in [0.25, 0.3) is 0 Å². The van der Waals surface area contributed by atoms with Gasteiger partial charge in [0.1, 0.15) is 10.5 Å². The van der Waals surface area contributed by atoms with Gasteiger partial charge in [0.05, 0.1) is 17.7 Å². The Labute approximate surface area is 179 Å². The van der Waals surface area contributed by atoms with Crippen LogP contribution in [0.2, 0.25) is 0 Å². The molecule has 0 saturated carbocycles. The summed E-state index contributed by atoms with van der Waals surface area (Å²) in [5, 5.41) is 14.6. The van der Waals surface area contributed by atoms with Gasteiger partial charge in [0.15, 0.2) is 0 Å². The molecule has 1 aliphatic rings. The van der Waals surface area contributed by atoms with Crippen molar-refractivity contribution in [2.45, 2.75) is 31.0 Å². The van der Waals surface area contributed by atoms with Crippen LogP contribution in [-0.4, -0.2) is 27.5 Å². The van der Waals surface area contributed by atoms with Crippen molar-refractivity contribution in [1.29, 1.82) is 0 Å². The summed E-state index contributed by atoms with van der Waals surface area (Å²) in [5.41, 5.74) is 0.578. The van der Waals surface area contributed by atoms with E-state index in [0.29, 0.717) is 16.3 Å². The van der Waals surface area contributed by atoms with Crippen molar-refractivity contribution >= 4 is 23.2 Å². The number of hydrogen-bond acceptors (Lipinski definition) is 4. The van der Waals surface area contributed by atoms with Crippen LogP contribution in [0.4, 0.5) is 13.2 Å². The first-order valence-electron chi connectivity index (χ1n) is 9.39. The van der Waals surface area contributed by atoms with E-state index in [4.69, 9.17) is 0 Å². The third-order valence-corrected chi connectivity index (χ3v) is 6.18. The molecule has 1 aliphatic carbocycles. The lowest BCUT2D eigenvalue weighted by molar-refractivity contribution is -0.147. The summed E-state index contributed by atoms with van der Waals surface area (Å²) in [6, 6.07) is 12.0. The van der Waals surface area contributed by atoms with Crippen molar-refractivity contribution in [3.8, 4) is 10.6 Å². The van der Waals surface area contributed by atoms with E-state index in [1.165, 1.54) is 23.5 Å². The van der Waals surface area contributed by atoms with E-state index < -0.39 is 29.2 Å². The molecule has 0 aliphatic heterocycles. The van der Waals surface area contributed by atoms with Crippen LogP contribution < -0.4 is 5.32 Å². The standard InChI is InChI=1S/C22H17F3N2O3S/c23-22(24,25)16-7-5-13(6-8-16)19-26-17(12-31-19)9-18(28)27-21(20(29)30)10-14-3-1-2-4-15(14)11-21/h1-8,12H,9-11H2,(H,27,28)(H,29,30). The molecule has 1 amide bonds. The lowest BCUT2D eigenvalue weighted by Gasteiger charge is -2.25. The summed E-state index contributed by atoms with van der Waals surface area (Å²) in [5.74, 6) is -1.57. The van der Waals surface area contributed by atoms with Crippen LogP contribution in [0.15, 0.2) is 53.9 Å². The van der Waals surface area contributed by atoms with Gasteiger partial charge < -0.3 is 10.4 Å². The number of carboxylic acid groups (broad SMARTS) is 1. The molecule has 31 heavy (non-hydrogen) atoms. The molecular weight excluding hydrogens is 429 g/mol. The highest BCUT2D eigenvalue weighted by Crippen LogP contribution is 2.32. The number of amides is 1. The molecule has 0 saturated heterocycles. The van der Waals surface area contributed by atoms with Crippen LogP contribution in [0.1, 0.15) is 22.4 Å². The Kier molecular flexibility index (Phi) is 5.30. The fraction of sp³-hybridized carbons (Fsp3) is 0.227. The zero-order valence-electron chi connectivity index (χ0n) is 16.1. The van der Waals surface area contributed by atoms with Crippen LogP contribution in [-0.2, 0) is 35.0 Å². The van der Waals surface area contributed by atoms with Gasteiger partial charge in [0.2, 0.25) is 5.91 Å². The van der Waals surface area contributed by atoms with Gasteiger partial charge in [-0.2, -0.15) is 13.2 Å². The molecule has 9 heteroatoms. The van der Waals surface area contributed by atoms with Gasteiger partial charge in [-0.25, -0.2) is 9.78 Å². The van der Waals surface area contributed by atoms with Crippen LogP contribution in [0.25, 0.3) is 10.6 Å². The number of benzene rings is 2. The first-order valence-corrected chi connectivity index (χ1v) is 10.3. The maximum atomic E-state index is 12.7. The SMILES string of the molecule is O=C(Cc1csc(-c2ccc(C(F)(F)F)cc2)n1)NC1(C(=O)O)Cc2ccccc2C1. The summed E-state index contributed by atoms with van der Waals surface area (Å²) in [7, 11) is 0. The van der Waals surface area contributed by atoms with Gasteiger partial charge in [-0.05, 0) is 23.3 Å². The molecule has 5 nitrogen and oxygen atoms in total. The predicted octanol–water partition coefficient (Wildman–Crippen LogP) is 4.11. The van der Waals surface area contributed by atoms with Gasteiger partial charge in [0, 0.05) is 23.8 Å². The first kappa shape index (κ1) is 21.0. The summed E-state index contributed by atoms with van der Waals surface area (Å²) < 4.78 is 38.1. The van der Waals surface area contributed by atoms with E-state index in [1.807, 2.05) is 24.3 Å². The number of fused-ring (bicyclic) bond motifs is 1. The summed E-state index contributed by atoms with van der Waals surface area (Å²) in [4.78, 5) is 28.9. The van der Waals surface area contributed by atoms with Crippen LogP contribution in [0, 0.1) is 0 Å². The number of carbonyl (C=O) groups excluding carboxylic acids is 1. The molecule has 0 radical (unpaired) electrons. The highest BCUT2D eigenvalue weighted by atomic mass is 32.1. The van der Waals surface area contributed by atoms with E-state index in [-0.39, 0.29) is 19.3 Å². The van der Waals surface area contributed by atoms with Crippen molar-refractivity contribution in [3.63, 3.8) is 0 Å². The number of alkyl halides is 3. The molecule has 0 spiro atoms. The molecule has 0 unspecified atom stereocenters. The number of thiazole rings is 1. The number of halogens is 3. The Hall–Kier alpha value is -3.20. The lowest BCUT2D eigenvalue weighted by Crippen LogP contribution is -2.55. The van der Waals surface area contributed by atoms with Crippen molar-refractivity contribution in [3.05, 3.63) is 76.3 Å². The highest BCUT2D eigenvalue weighted by Gasteiger charge is 2.45.